The molecule has 5 nitrogen and oxygen atoms in total. The third kappa shape index (κ3) is 7.67. The van der Waals surface area contributed by atoms with Crippen molar-refractivity contribution in [2.45, 2.75) is 46.4 Å². The zero-order valence-electron chi connectivity index (χ0n) is 46.5. The predicted octanol–water partition coefficient (Wildman–Crippen LogP) is 13.4. The molecule has 3 aromatic heterocycles. The van der Waals surface area contributed by atoms with Gasteiger partial charge in [-0.15, -0.1) is 29.7 Å². The van der Waals surface area contributed by atoms with Gasteiger partial charge < -0.3 is 13.9 Å². The summed E-state index contributed by atoms with van der Waals surface area (Å²) in [6.45, 7) is 10.0. The van der Waals surface area contributed by atoms with Crippen LogP contribution in [-0.2, 0) is 32.9 Å². The van der Waals surface area contributed by atoms with Crippen LogP contribution in [0.5, 0.6) is 11.5 Å². The van der Waals surface area contributed by atoms with Crippen molar-refractivity contribution in [2.75, 3.05) is 0 Å². The van der Waals surface area contributed by atoms with E-state index in [-0.39, 0.29) is 54.4 Å². The monoisotopic (exact) mass is 997 g/mol. The second-order valence-corrected chi connectivity index (χ2v) is 16.1. The Morgan fingerprint density at radius 2 is 1.42 bits per heavy atom. The van der Waals surface area contributed by atoms with Crippen molar-refractivity contribution >= 4 is 32.8 Å². The summed E-state index contributed by atoms with van der Waals surface area (Å²) in [6, 6.07) is 32.1. The fourth-order valence-corrected chi connectivity index (χ4v) is 7.76. The van der Waals surface area contributed by atoms with Crippen LogP contribution in [0, 0.1) is 24.4 Å². The van der Waals surface area contributed by atoms with Gasteiger partial charge in [0, 0.05) is 47.0 Å². The SMILES string of the molecule is [2H]c1c([2H])c([2H])c(-c2cccc(-c3c([2H])c([2H])c([2H])c([2H])c3[2H])c2-[n+]2[c-]n(-c3[c-]c(Oc4[c-]c5c(cc4)c4ccccc4n5-c4cc(C(C)(C)C)ccn4)ccc3)c3cc(C([2H])([2H])C(C)C)ccc32)c([2H])c1[2H].[Pt]. The first-order chi connectivity index (χ1) is 34.6. The van der Waals surface area contributed by atoms with E-state index in [9.17, 15) is 0 Å². The van der Waals surface area contributed by atoms with Gasteiger partial charge in [-0.1, -0.05) is 155 Å². The fraction of sp³-hybridized carbons (Fsp3) is 0.143. The topological polar surface area (TPSA) is 35.9 Å². The summed E-state index contributed by atoms with van der Waals surface area (Å²) in [6.07, 6.45) is 3.38. The average molecular weight is 998 g/mol. The number of rotatable bonds is 9. The van der Waals surface area contributed by atoms with Gasteiger partial charge in [-0.25, -0.2) is 4.98 Å². The third-order valence-electron chi connectivity index (χ3n) is 10.5. The van der Waals surface area contributed by atoms with Gasteiger partial charge in [0.25, 0.3) is 6.33 Å². The summed E-state index contributed by atoms with van der Waals surface area (Å²) in [7, 11) is 0. The molecule has 0 spiro atoms. The largest absolute Gasteiger partial charge is 0.510 e. The molecular weight excluding hydrogens is 940 g/mol. The Balaban J connectivity index is 0.00000672. The minimum Gasteiger partial charge on any atom is -0.510 e. The Bertz CT molecular complexity index is 3770. The molecule has 62 heavy (non-hydrogen) atoms. The van der Waals surface area contributed by atoms with Crippen LogP contribution < -0.4 is 9.30 Å². The number of para-hydroxylation sites is 2. The number of benzene rings is 7. The van der Waals surface area contributed by atoms with E-state index in [4.69, 9.17) is 26.2 Å². The molecule has 0 bridgehead atoms. The molecule has 0 aliphatic carbocycles. The van der Waals surface area contributed by atoms with Crippen molar-refractivity contribution in [3.63, 3.8) is 0 Å². The molecule has 308 valence electrons. The summed E-state index contributed by atoms with van der Waals surface area (Å²) >= 11 is 0. The number of nitrogens with zero attached hydrogens (tertiary/aromatic N) is 4. The van der Waals surface area contributed by atoms with Gasteiger partial charge in [0.15, 0.2) is 0 Å². The number of fused-ring (bicyclic) bond motifs is 4. The molecule has 0 saturated heterocycles. The van der Waals surface area contributed by atoms with Crippen molar-refractivity contribution < 1.29 is 46.8 Å². The van der Waals surface area contributed by atoms with Crippen LogP contribution in [0.4, 0.5) is 0 Å². The molecule has 10 aromatic rings. The van der Waals surface area contributed by atoms with Gasteiger partial charge in [-0.05, 0) is 80.9 Å². The van der Waals surface area contributed by atoms with Crippen LogP contribution in [0.1, 0.15) is 62.2 Å². The van der Waals surface area contributed by atoms with Crippen molar-refractivity contribution in [1.29, 1.82) is 0 Å². The molecule has 0 unspecified atom stereocenters. The van der Waals surface area contributed by atoms with Crippen LogP contribution in [-0.4, -0.2) is 14.1 Å². The molecule has 0 N–H and O–H groups in total. The first-order valence-corrected chi connectivity index (χ1v) is 20.0. The molecule has 0 atom stereocenters. The first kappa shape index (κ1) is 28.9. The summed E-state index contributed by atoms with van der Waals surface area (Å²) in [4.78, 5) is 4.80. The van der Waals surface area contributed by atoms with Crippen LogP contribution in [0.25, 0.3) is 72.3 Å². The Morgan fingerprint density at radius 1 is 0.726 bits per heavy atom. The van der Waals surface area contributed by atoms with Crippen LogP contribution in [0.3, 0.4) is 0 Å². The van der Waals surface area contributed by atoms with Crippen LogP contribution in [0.15, 0.2) is 170 Å². The number of hydrogen-bond acceptors (Lipinski definition) is 2. The predicted molar refractivity (Wildman–Crippen MR) is 248 cm³/mol. The Hall–Kier alpha value is -6.55. The maximum atomic E-state index is 9.12. The number of aromatic nitrogens is 4. The van der Waals surface area contributed by atoms with Crippen molar-refractivity contribution in [3.8, 4) is 50.9 Å². The van der Waals surface area contributed by atoms with E-state index in [1.807, 2.05) is 42.6 Å². The van der Waals surface area contributed by atoms with Gasteiger partial charge in [-0.2, -0.15) is 18.2 Å². The second kappa shape index (κ2) is 16.7. The molecule has 0 aliphatic rings. The van der Waals surface area contributed by atoms with E-state index in [0.717, 1.165) is 33.2 Å². The van der Waals surface area contributed by atoms with E-state index < -0.39 is 72.7 Å². The molecule has 0 saturated carbocycles. The zero-order chi connectivity index (χ0) is 52.2. The van der Waals surface area contributed by atoms with Gasteiger partial charge in [0.1, 0.15) is 5.82 Å². The molecule has 3 heterocycles. The molecule has 10 rings (SSSR count). The smallest absolute Gasteiger partial charge is 0.268 e. The molecule has 7 aromatic carbocycles. The normalized spacial score (nSPS) is 14.7. The minimum atomic E-state index is -1.81. The number of ether oxygens (including phenoxy) is 1. The quantitative estimate of drug-likeness (QED) is 0.107. The number of hydrogen-bond donors (Lipinski definition) is 0. The maximum Gasteiger partial charge on any atom is 0.268 e. The first-order valence-electron chi connectivity index (χ1n) is 26.0. The fourth-order valence-electron chi connectivity index (χ4n) is 7.76. The number of imidazole rings is 1. The van der Waals surface area contributed by atoms with E-state index in [1.165, 1.54) is 6.07 Å². The summed E-state index contributed by atoms with van der Waals surface area (Å²) < 4.78 is 118. The summed E-state index contributed by atoms with van der Waals surface area (Å²) in [5, 5.41) is 1.97. The minimum absolute atomic E-state index is 0. The zero-order valence-corrected chi connectivity index (χ0v) is 36.8. The molecule has 6 heteroatoms. The van der Waals surface area contributed by atoms with Crippen LogP contribution >= 0.6 is 0 Å². The molecule has 0 aliphatic heterocycles. The van der Waals surface area contributed by atoms with E-state index in [2.05, 4.69) is 55.9 Å². The molecule has 0 radical (unpaired) electrons. The van der Waals surface area contributed by atoms with Gasteiger partial charge >= 0.3 is 0 Å². The van der Waals surface area contributed by atoms with Crippen molar-refractivity contribution in [1.82, 2.24) is 14.1 Å². The Labute approximate surface area is 395 Å². The van der Waals surface area contributed by atoms with Gasteiger partial charge in [0.2, 0.25) is 0 Å². The van der Waals surface area contributed by atoms with E-state index >= 15 is 0 Å². The van der Waals surface area contributed by atoms with Gasteiger partial charge in [0.05, 0.1) is 30.4 Å². The van der Waals surface area contributed by atoms with Crippen LogP contribution in [0.2, 0.25) is 0 Å². The van der Waals surface area contributed by atoms with E-state index in [0.29, 0.717) is 33.8 Å². The van der Waals surface area contributed by atoms with E-state index in [1.54, 1.807) is 71.5 Å². The van der Waals surface area contributed by atoms with Crippen molar-refractivity contribution in [3.05, 3.63) is 199 Å². The summed E-state index contributed by atoms with van der Waals surface area (Å²) in [5.74, 6) is 0.960. The summed E-state index contributed by atoms with van der Waals surface area (Å²) in [5.41, 5.74) is 4.04. The maximum absolute atomic E-state index is 9.12. The standard InChI is InChI=1S/C56H46N4O.Pt/c1-38(2)32-39-26-29-51-53(33-39)58(37-59(51)55-46(40-16-8-6-9-17-40)23-15-24-47(55)41-18-10-7-11-19-41)43-20-14-21-44(35-43)61-45-27-28-49-48-22-12-13-25-50(48)60(52(49)36-45)54-34-42(30-31-57-54)56(3,4)5;/h6-31,33-34,38H,32H2,1-5H3;/q-2;/i6D,7D,8D,9D,10D,11D,16D,17D,18D,19D,32D2;. The van der Waals surface area contributed by atoms with Gasteiger partial charge in [-0.3, -0.25) is 4.57 Å². The Kier molecular flexibility index (Phi) is 7.79. The molecular formula is C56H46N4OPt-2. The second-order valence-electron chi connectivity index (χ2n) is 16.1. The molecule has 0 amide bonds. The molecule has 0 fully saturated rings. The Morgan fingerprint density at radius 3 is 2.13 bits per heavy atom. The number of pyridine rings is 1. The third-order valence-corrected chi connectivity index (χ3v) is 10.5. The average Bonchev–Trinajstić information content (AvgIpc) is 3.91. The van der Waals surface area contributed by atoms with Crippen molar-refractivity contribution in [2.24, 2.45) is 5.92 Å².